The quantitative estimate of drug-likeness (QED) is 0.705. The molecule has 0 spiro atoms. The maximum absolute atomic E-state index is 9.53. The highest BCUT2D eigenvalue weighted by Crippen LogP contribution is 2.30. The number of para-hydroxylation sites is 1. The second kappa shape index (κ2) is 5.73. The Kier molecular flexibility index (Phi) is 3.44. The predicted molar refractivity (Wildman–Crippen MR) is 93.3 cm³/mol. The van der Waals surface area contributed by atoms with Crippen LogP contribution in [0.4, 0.5) is 5.69 Å². The molecular formula is C20H17N3. The first-order valence-corrected chi connectivity index (χ1v) is 7.99. The van der Waals surface area contributed by atoms with Crippen LogP contribution in [0.2, 0.25) is 0 Å². The van der Waals surface area contributed by atoms with Crippen LogP contribution in [-0.4, -0.2) is 18.1 Å². The summed E-state index contributed by atoms with van der Waals surface area (Å²) in [6.45, 7) is 2.09. The van der Waals surface area contributed by atoms with E-state index in [1.807, 2.05) is 30.5 Å². The van der Waals surface area contributed by atoms with E-state index < -0.39 is 0 Å². The summed E-state index contributed by atoms with van der Waals surface area (Å²) in [6.07, 6.45) is 4.30. The lowest BCUT2D eigenvalue weighted by atomic mass is 10.0. The summed E-state index contributed by atoms with van der Waals surface area (Å²) in [7, 11) is 0. The SMILES string of the molecule is N#Cc1cc(-c2cnc3ccccc3c2)ccc1N1CCCC1. The number of nitriles is 1. The minimum absolute atomic E-state index is 0.748. The van der Waals surface area contributed by atoms with Crippen LogP contribution in [0.5, 0.6) is 0 Å². The number of benzene rings is 2. The molecule has 0 aliphatic carbocycles. The fourth-order valence-corrected chi connectivity index (χ4v) is 3.27. The van der Waals surface area contributed by atoms with E-state index in [0.29, 0.717) is 0 Å². The summed E-state index contributed by atoms with van der Waals surface area (Å²) in [5, 5.41) is 10.6. The molecule has 4 rings (SSSR count). The van der Waals surface area contributed by atoms with Gasteiger partial charge in [0.1, 0.15) is 6.07 Å². The Morgan fingerprint density at radius 3 is 2.61 bits per heavy atom. The Hall–Kier alpha value is -2.86. The molecule has 1 aliphatic rings. The van der Waals surface area contributed by atoms with Gasteiger partial charge in [-0.25, -0.2) is 0 Å². The second-order valence-corrected chi connectivity index (χ2v) is 5.95. The van der Waals surface area contributed by atoms with Crippen LogP contribution in [0.3, 0.4) is 0 Å². The molecule has 0 saturated carbocycles. The maximum Gasteiger partial charge on any atom is 0.101 e. The molecule has 0 amide bonds. The van der Waals surface area contributed by atoms with Crippen molar-refractivity contribution in [2.45, 2.75) is 12.8 Å². The Morgan fingerprint density at radius 1 is 0.957 bits per heavy atom. The van der Waals surface area contributed by atoms with Gasteiger partial charge in [-0.3, -0.25) is 4.98 Å². The van der Waals surface area contributed by atoms with E-state index in [0.717, 1.165) is 46.4 Å². The molecule has 0 bridgehead atoms. The minimum Gasteiger partial charge on any atom is -0.370 e. The predicted octanol–water partition coefficient (Wildman–Crippen LogP) is 4.37. The molecule has 0 radical (unpaired) electrons. The first kappa shape index (κ1) is 13.8. The van der Waals surface area contributed by atoms with E-state index in [-0.39, 0.29) is 0 Å². The van der Waals surface area contributed by atoms with Gasteiger partial charge in [-0.15, -0.1) is 0 Å². The van der Waals surface area contributed by atoms with E-state index in [4.69, 9.17) is 0 Å². The molecule has 2 aromatic carbocycles. The fraction of sp³-hybridized carbons (Fsp3) is 0.200. The molecule has 2 heterocycles. The second-order valence-electron chi connectivity index (χ2n) is 5.95. The van der Waals surface area contributed by atoms with Gasteiger partial charge in [0, 0.05) is 30.2 Å². The van der Waals surface area contributed by atoms with Gasteiger partial charge < -0.3 is 4.90 Å². The van der Waals surface area contributed by atoms with Crippen LogP contribution in [-0.2, 0) is 0 Å². The van der Waals surface area contributed by atoms with Gasteiger partial charge in [0.2, 0.25) is 0 Å². The molecule has 1 aromatic heterocycles. The van der Waals surface area contributed by atoms with Crippen LogP contribution >= 0.6 is 0 Å². The van der Waals surface area contributed by atoms with Gasteiger partial charge in [-0.05, 0) is 42.7 Å². The molecule has 3 heteroatoms. The average molecular weight is 299 g/mol. The zero-order valence-corrected chi connectivity index (χ0v) is 12.9. The van der Waals surface area contributed by atoms with Crippen LogP contribution in [0.15, 0.2) is 54.7 Å². The number of nitrogens with zero attached hydrogens (tertiary/aromatic N) is 3. The van der Waals surface area contributed by atoms with E-state index >= 15 is 0 Å². The van der Waals surface area contributed by atoms with Crippen molar-refractivity contribution in [2.75, 3.05) is 18.0 Å². The molecule has 1 fully saturated rings. The first-order chi connectivity index (χ1) is 11.3. The standard InChI is InChI=1S/C20H17N3/c21-13-17-11-15(7-8-20(17)23-9-3-4-10-23)18-12-16-5-1-2-6-19(16)22-14-18/h1-2,5-8,11-12,14H,3-4,9-10H2. The highest BCUT2D eigenvalue weighted by molar-refractivity contribution is 5.84. The highest BCUT2D eigenvalue weighted by Gasteiger charge is 2.16. The Balaban J connectivity index is 1.77. The van der Waals surface area contributed by atoms with Crippen molar-refractivity contribution in [3.05, 3.63) is 60.3 Å². The van der Waals surface area contributed by atoms with E-state index in [2.05, 4.69) is 40.2 Å². The summed E-state index contributed by atoms with van der Waals surface area (Å²) < 4.78 is 0. The minimum atomic E-state index is 0.748. The summed E-state index contributed by atoms with van der Waals surface area (Å²) in [4.78, 5) is 6.83. The van der Waals surface area contributed by atoms with Crippen LogP contribution in [0, 0.1) is 11.3 Å². The Labute approximate surface area is 135 Å². The lowest BCUT2D eigenvalue weighted by Gasteiger charge is -2.19. The number of hydrogen-bond donors (Lipinski definition) is 0. The normalized spacial score (nSPS) is 14.1. The molecule has 0 atom stereocenters. The Bertz CT molecular complexity index is 902. The molecular weight excluding hydrogens is 282 g/mol. The van der Waals surface area contributed by atoms with Gasteiger partial charge >= 0.3 is 0 Å². The van der Waals surface area contributed by atoms with Gasteiger partial charge in [-0.2, -0.15) is 5.26 Å². The van der Waals surface area contributed by atoms with Crippen molar-refractivity contribution in [1.29, 1.82) is 5.26 Å². The number of anilines is 1. The number of fused-ring (bicyclic) bond motifs is 1. The van der Waals surface area contributed by atoms with Gasteiger partial charge in [0.15, 0.2) is 0 Å². The van der Waals surface area contributed by atoms with Crippen molar-refractivity contribution >= 4 is 16.6 Å². The molecule has 3 aromatic rings. The number of pyridine rings is 1. The number of aromatic nitrogens is 1. The van der Waals surface area contributed by atoms with Gasteiger partial charge in [0.25, 0.3) is 0 Å². The summed E-state index contributed by atoms with van der Waals surface area (Å²) in [5.41, 5.74) is 4.89. The van der Waals surface area contributed by atoms with Gasteiger partial charge in [-0.1, -0.05) is 24.3 Å². The number of hydrogen-bond acceptors (Lipinski definition) is 3. The first-order valence-electron chi connectivity index (χ1n) is 7.99. The summed E-state index contributed by atoms with van der Waals surface area (Å²) >= 11 is 0. The zero-order valence-electron chi connectivity index (χ0n) is 12.9. The van der Waals surface area contributed by atoms with Crippen molar-refractivity contribution in [3.63, 3.8) is 0 Å². The van der Waals surface area contributed by atoms with Crippen molar-refractivity contribution in [3.8, 4) is 17.2 Å². The van der Waals surface area contributed by atoms with Gasteiger partial charge in [0.05, 0.1) is 16.8 Å². The highest BCUT2D eigenvalue weighted by atomic mass is 15.1. The van der Waals surface area contributed by atoms with Crippen LogP contribution < -0.4 is 4.90 Å². The maximum atomic E-state index is 9.53. The topological polar surface area (TPSA) is 39.9 Å². The fourth-order valence-electron chi connectivity index (χ4n) is 3.27. The molecule has 0 N–H and O–H groups in total. The van der Waals surface area contributed by atoms with Crippen molar-refractivity contribution < 1.29 is 0 Å². The third-order valence-electron chi connectivity index (χ3n) is 4.49. The Morgan fingerprint density at radius 2 is 1.78 bits per heavy atom. The molecule has 1 saturated heterocycles. The third-order valence-corrected chi connectivity index (χ3v) is 4.49. The molecule has 1 aliphatic heterocycles. The van der Waals surface area contributed by atoms with E-state index in [1.54, 1.807) is 0 Å². The third kappa shape index (κ3) is 2.53. The van der Waals surface area contributed by atoms with Crippen LogP contribution in [0.25, 0.3) is 22.0 Å². The number of rotatable bonds is 2. The van der Waals surface area contributed by atoms with E-state index in [9.17, 15) is 5.26 Å². The molecule has 23 heavy (non-hydrogen) atoms. The smallest absolute Gasteiger partial charge is 0.101 e. The van der Waals surface area contributed by atoms with Crippen LogP contribution in [0.1, 0.15) is 18.4 Å². The molecule has 0 unspecified atom stereocenters. The lowest BCUT2D eigenvalue weighted by Crippen LogP contribution is -2.18. The average Bonchev–Trinajstić information content (AvgIpc) is 3.15. The summed E-state index contributed by atoms with van der Waals surface area (Å²) in [5.74, 6) is 0. The lowest BCUT2D eigenvalue weighted by molar-refractivity contribution is 0.949. The van der Waals surface area contributed by atoms with Crippen molar-refractivity contribution in [2.24, 2.45) is 0 Å². The molecule has 112 valence electrons. The zero-order chi connectivity index (χ0) is 15.6. The molecule has 3 nitrogen and oxygen atoms in total. The van der Waals surface area contributed by atoms with Crippen molar-refractivity contribution in [1.82, 2.24) is 4.98 Å². The monoisotopic (exact) mass is 299 g/mol. The van der Waals surface area contributed by atoms with E-state index in [1.165, 1.54) is 12.8 Å². The largest absolute Gasteiger partial charge is 0.370 e. The summed E-state index contributed by atoms with van der Waals surface area (Å²) in [6, 6.07) is 18.7.